The molecule has 0 spiro atoms. The lowest BCUT2D eigenvalue weighted by atomic mass is 9.49. The number of likely N-dealkylation sites (tertiary alicyclic amines) is 1. The summed E-state index contributed by atoms with van der Waals surface area (Å²) in [5.41, 5.74) is 6.05. The standard InChI is InChI=1S/C28H34N2O/c1-27-14-11-23-20(6-10-25-28(23,2)15-12-26(31)30(25)4)22(27)8-7-21(27)18-5-9-24-19(17-18)13-16-29(24)3/h5,7,9-10,13,16-17,20,22-23H,6,8,11-12,14-15H2,1-4H3. The lowest BCUT2D eigenvalue weighted by Crippen LogP contribution is -2.53. The van der Waals surface area contributed by atoms with Crippen molar-refractivity contribution in [2.75, 3.05) is 7.05 Å². The Kier molecular flexibility index (Phi) is 3.99. The van der Waals surface area contributed by atoms with Gasteiger partial charge in [0, 0.05) is 48.7 Å². The van der Waals surface area contributed by atoms with Gasteiger partial charge in [-0.1, -0.05) is 32.1 Å². The average Bonchev–Trinajstić information content (AvgIpc) is 3.30. The van der Waals surface area contributed by atoms with E-state index in [2.05, 4.69) is 68.1 Å². The largest absolute Gasteiger partial charge is 0.351 e. The van der Waals surface area contributed by atoms with Crippen molar-refractivity contribution in [3.8, 4) is 0 Å². The van der Waals surface area contributed by atoms with E-state index in [4.69, 9.17) is 0 Å². The molecule has 0 N–H and O–H groups in total. The summed E-state index contributed by atoms with van der Waals surface area (Å²) in [6.07, 6.45) is 13.8. The maximum Gasteiger partial charge on any atom is 0.226 e. The average molecular weight is 415 g/mol. The first-order valence-electron chi connectivity index (χ1n) is 12.1. The van der Waals surface area contributed by atoms with Gasteiger partial charge in [-0.05, 0) is 84.6 Å². The zero-order valence-electron chi connectivity index (χ0n) is 19.3. The van der Waals surface area contributed by atoms with Gasteiger partial charge >= 0.3 is 0 Å². The summed E-state index contributed by atoms with van der Waals surface area (Å²) < 4.78 is 2.20. The summed E-state index contributed by atoms with van der Waals surface area (Å²) >= 11 is 0. The molecule has 1 amide bonds. The van der Waals surface area contributed by atoms with Crippen LogP contribution in [0.3, 0.4) is 0 Å². The summed E-state index contributed by atoms with van der Waals surface area (Å²) in [4.78, 5) is 14.3. The molecule has 1 saturated heterocycles. The molecule has 2 aromatic rings. The second-order valence-corrected chi connectivity index (χ2v) is 11.1. The van der Waals surface area contributed by atoms with E-state index in [-0.39, 0.29) is 10.8 Å². The van der Waals surface area contributed by atoms with Crippen molar-refractivity contribution in [1.82, 2.24) is 9.47 Å². The van der Waals surface area contributed by atoms with E-state index >= 15 is 0 Å². The van der Waals surface area contributed by atoms with Crippen molar-refractivity contribution in [2.24, 2.45) is 35.6 Å². The Balaban J connectivity index is 1.35. The number of piperidine rings is 1. The molecule has 2 heterocycles. The number of aromatic nitrogens is 1. The Labute approximate surface area is 185 Å². The Bertz CT molecular complexity index is 1150. The summed E-state index contributed by atoms with van der Waals surface area (Å²) in [5, 5.41) is 1.34. The number of hydrogen-bond acceptors (Lipinski definition) is 1. The van der Waals surface area contributed by atoms with Crippen molar-refractivity contribution in [1.29, 1.82) is 0 Å². The first kappa shape index (κ1) is 19.4. The van der Waals surface area contributed by atoms with Crippen LogP contribution in [-0.2, 0) is 11.8 Å². The van der Waals surface area contributed by atoms with Crippen LogP contribution >= 0.6 is 0 Å². The van der Waals surface area contributed by atoms with Gasteiger partial charge in [0.1, 0.15) is 0 Å². The van der Waals surface area contributed by atoms with Gasteiger partial charge in [0.25, 0.3) is 0 Å². The summed E-state index contributed by atoms with van der Waals surface area (Å²) in [6.45, 7) is 4.99. The molecular weight excluding hydrogens is 380 g/mol. The molecule has 2 fully saturated rings. The van der Waals surface area contributed by atoms with E-state index < -0.39 is 0 Å². The van der Waals surface area contributed by atoms with E-state index in [1.54, 1.807) is 5.57 Å². The van der Waals surface area contributed by atoms with Gasteiger partial charge in [0.15, 0.2) is 0 Å². The quantitative estimate of drug-likeness (QED) is 0.548. The third kappa shape index (κ3) is 2.49. The number of nitrogens with zero attached hydrogens (tertiary/aromatic N) is 2. The summed E-state index contributed by atoms with van der Waals surface area (Å²) in [5.74, 6) is 2.43. The van der Waals surface area contributed by atoms with Crippen molar-refractivity contribution in [2.45, 2.75) is 52.4 Å². The van der Waals surface area contributed by atoms with Crippen molar-refractivity contribution in [3.63, 3.8) is 0 Å². The highest BCUT2D eigenvalue weighted by Crippen LogP contribution is 2.66. The predicted octanol–water partition coefficient (Wildman–Crippen LogP) is 6.16. The zero-order valence-corrected chi connectivity index (χ0v) is 19.3. The molecule has 162 valence electrons. The van der Waals surface area contributed by atoms with Crippen LogP contribution in [0.15, 0.2) is 48.3 Å². The molecule has 3 aliphatic carbocycles. The van der Waals surface area contributed by atoms with Crippen LogP contribution in [0.2, 0.25) is 0 Å². The van der Waals surface area contributed by atoms with Crippen LogP contribution < -0.4 is 0 Å². The number of rotatable bonds is 1. The highest BCUT2D eigenvalue weighted by atomic mass is 16.2. The van der Waals surface area contributed by atoms with Crippen LogP contribution in [0, 0.1) is 28.6 Å². The monoisotopic (exact) mass is 414 g/mol. The molecule has 3 heteroatoms. The number of hydrogen-bond donors (Lipinski definition) is 0. The number of aryl methyl sites for hydroxylation is 1. The molecular formula is C28H34N2O. The fourth-order valence-electron chi connectivity index (χ4n) is 8.04. The van der Waals surface area contributed by atoms with Crippen molar-refractivity contribution >= 4 is 22.4 Å². The summed E-state index contributed by atoms with van der Waals surface area (Å²) in [6, 6.07) is 9.28. The lowest BCUT2D eigenvalue weighted by Gasteiger charge is -2.58. The number of amides is 1. The maximum absolute atomic E-state index is 12.4. The molecule has 5 unspecified atom stereocenters. The second kappa shape index (κ2) is 6.37. The minimum Gasteiger partial charge on any atom is -0.351 e. The SMILES string of the molecule is CN1C(=O)CCC2(C)C1=CCC1C3CC=C(c4ccc5c(ccn5C)c4)C3(C)CCC12. The molecule has 1 aromatic carbocycles. The predicted molar refractivity (Wildman–Crippen MR) is 126 cm³/mol. The number of fused-ring (bicyclic) bond motifs is 6. The van der Waals surface area contributed by atoms with Crippen LogP contribution in [0.1, 0.15) is 57.9 Å². The topological polar surface area (TPSA) is 25.2 Å². The van der Waals surface area contributed by atoms with Gasteiger partial charge < -0.3 is 9.47 Å². The molecule has 31 heavy (non-hydrogen) atoms. The molecule has 0 radical (unpaired) electrons. The van der Waals surface area contributed by atoms with E-state index in [0.29, 0.717) is 24.2 Å². The van der Waals surface area contributed by atoms with Gasteiger partial charge in [-0.25, -0.2) is 0 Å². The van der Waals surface area contributed by atoms with Crippen molar-refractivity contribution in [3.05, 3.63) is 53.9 Å². The van der Waals surface area contributed by atoms with E-state index in [9.17, 15) is 4.79 Å². The normalized spacial score (nSPS) is 37.2. The third-order valence-electron chi connectivity index (χ3n) is 9.79. The van der Waals surface area contributed by atoms with Crippen molar-refractivity contribution < 1.29 is 4.79 Å². The van der Waals surface area contributed by atoms with Crippen LogP contribution in [0.25, 0.3) is 16.5 Å². The maximum atomic E-state index is 12.4. The van der Waals surface area contributed by atoms with Crippen LogP contribution in [-0.4, -0.2) is 22.4 Å². The molecule has 1 aliphatic heterocycles. The Morgan fingerprint density at radius 2 is 1.81 bits per heavy atom. The molecule has 4 aliphatic rings. The van der Waals surface area contributed by atoms with E-state index in [0.717, 1.165) is 18.8 Å². The second-order valence-electron chi connectivity index (χ2n) is 11.1. The lowest BCUT2D eigenvalue weighted by molar-refractivity contribution is -0.135. The summed E-state index contributed by atoms with van der Waals surface area (Å²) in [7, 11) is 4.12. The minimum atomic E-state index is 0.165. The molecule has 0 bridgehead atoms. The number of carbonyl (C=O) groups excluding carboxylic acids is 1. The van der Waals surface area contributed by atoms with E-state index in [1.165, 1.54) is 41.4 Å². The molecule has 3 nitrogen and oxygen atoms in total. The highest BCUT2D eigenvalue weighted by Gasteiger charge is 2.57. The Morgan fingerprint density at radius 1 is 0.968 bits per heavy atom. The minimum absolute atomic E-state index is 0.165. The zero-order chi connectivity index (χ0) is 21.5. The highest BCUT2D eigenvalue weighted by molar-refractivity contribution is 5.86. The fourth-order valence-corrected chi connectivity index (χ4v) is 8.04. The molecule has 1 aromatic heterocycles. The van der Waals surface area contributed by atoms with Crippen LogP contribution in [0.5, 0.6) is 0 Å². The fraction of sp³-hybridized carbons (Fsp3) is 0.536. The third-order valence-corrected chi connectivity index (χ3v) is 9.79. The number of benzene rings is 1. The van der Waals surface area contributed by atoms with Gasteiger partial charge in [-0.15, -0.1) is 0 Å². The number of carbonyl (C=O) groups is 1. The first-order chi connectivity index (χ1) is 14.8. The van der Waals surface area contributed by atoms with E-state index in [1.807, 2.05) is 11.9 Å². The van der Waals surface area contributed by atoms with Gasteiger partial charge in [0.05, 0.1) is 0 Å². The molecule has 5 atom stereocenters. The molecule has 6 rings (SSSR count). The van der Waals surface area contributed by atoms with Gasteiger partial charge in [-0.2, -0.15) is 0 Å². The Morgan fingerprint density at radius 3 is 2.65 bits per heavy atom. The molecule has 1 saturated carbocycles. The van der Waals surface area contributed by atoms with Gasteiger partial charge in [0.2, 0.25) is 5.91 Å². The first-order valence-corrected chi connectivity index (χ1v) is 12.1. The Hall–Kier alpha value is -2.29. The van der Waals surface area contributed by atoms with Crippen LogP contribution in [0.4, 0.5) is 0 Å². The number of allylic oxidation sites excluding steroid dienone is 4. The smallest absolute Gasteiger partial charge is 0.226 e. The van der Waals surface area contributed by atoms with Gasteiger partial charge in [-0.3, -0.25) is 4.79 Å².